The Labute approximate surface area is 193 Å². The molecule has 0 fully saturated rings. The van der Waals surface area contributed by atoms with E-state index in [1.54, 1.807) is 4.90 Å². The molecule has 6 nitrogen and oxygen atoms in total. The fourth-order valence-electron chi connectivity index (χ4n) is 4.33. The number of hydrogen-bond donors (Lipinski definition) is 1. The quantitative estimate of drug-likeness (QED) is 0.484. The smallest absolute Gasteiger partial charge is 0.320 e. The molecule has 0 saturated heterocycles. The van der Waals surface area contributed by atoms with Crippen molar-refractivity contribution < 1.29 is 9.53 Å². The van der Waals surface area contributed by atoms with E-state index in [0.717, 1.165) is 45.7 Å². The zero-order chi connectivity index (χ0) is 22.8. The number of urea groups is 1. The van der Waals surface area contributed by atoms with Gasteiger partial charge < -0.3 is 19.5 Å². The Kier molecular flexibility index (Phi) is 5.73. The summed E-state index contributed by atoms with van der Waals surface area (Å²) in [5.41, 5.74) is 6.44. The number of nitrogens with zero attached hydrogens (tertiary/aromatic N) is 3. The standard InChI is InChI=1S/C27H28N4O2/c1-19-28-24-10-8-22(17-25(24)29-19)21-9-11-26-23(16-21)18-31(14-15-33-26)27(32)30(2)13-12-20-6-4-3-5-7-20/h3-11,16-17H,12-15,18H2,1-2H3,(H,28,29). The molecule has 0 unspecified atom stereocenters. The predicted octanol–water partition coefficient (Wildman–Crippen LogP) is 5.03. The SMILES string of the molecule is Cc1nc2ccc(-c3ccc4c(c3)CN(C(=O)N(C)CCc3ccccc3)CCO4)cc2[nH]1. The third-order valence-corrected chi connectivity index (χ3v) is 6.15. The fourth-order valence-corrected chi connectivity index (χ4v) is 4.33. The number of aryl methyl sites for hydroxylation is 1. The van der Waals surface area contributed by atoms with Crippen LogP contribution in [0.2, 0.25) is 0 Å². The van der Waals surface area contributed by atoms with E-state index in [1.165, 1.54) is 5.56 Å². The van der Waals surface area contributed by atoms with Gasteiger partial charge in [0.1, 0.15) is 18.2 Å². The molecule has 0 bridgehead atoms. The molecule has 5 rings (SSSR count). The van der Waals surface area contributed by atoms with Crippen LogP contribution in [-0.4, -0.2) is 52.5 Å². The van der Waals surface area contributed by atoms with Gasteiger partial charge in [0.05, 0.1) is 24.1 Å². The summed E-state index contributed by atoms with van der Waals surface area (Å²) in [7, 11) is 1.87. The number of fused-ring (bicyclic) bond motifs is 2. The highest BCUT2D eigenvalue weighted by Gasteiger charge is 2.23. The minimum absolute atomic E-state index is 0.0298. The van der Waals surface area contributed by atoms with E-state index in [9.17, 15) is 4.79 Å². The lowest BCUT2D eigenvalue weighted by atomic mass is 10.0. The van der Waals surface area contributed by atoms with E-state index in [4.69, 9.17) is 4.74 Å². The zero-order valence-electron chi connectivity index (χ0n) is 19.0. The second kappa shape index (κ2) is 8.98. The van der Waals surface area contributed by atoms with Gasteiger partial charge in [0.25, 0.3) is 0 Å². The number of imidazole rings is 1. The molecule has 33 heavy (non-hydrogen) atoms. The maximum Gasteiger partial charge on any atom is 0.320 e. The normalized spacial score (nSPS) is 13.3. The van der Waals surface area contributed by atoms with E-state index in [-0.39, 0.29) is 6.03 Å². The molecule has 1 aliphatic rings. The van der Waals surface area contributed by atoms with Crippen molar-refractivity contribution in [2.45, 2.75) is 19.9 Å². The zero-order valence-corrected chi connectivity index (χ0v) is 19.0. The van der Waals surface area contributed by atoms with Gasteiger partial charge in [0.15, 0.2) is 0 Å². The van der Waals surface area contributed by atoms with Crippen LogP contribution < -0.4 is 4.74 Å². The van der Waals surface area contributed by atoms with Crippen molar-refractivity contribution in [2.75, 3.05) is 26.7 Å². The van der Waals surface area contributed by atoms with Gasteiger partial charge in [-0.3, -0.25) is 0 Å². The van der Waals surface area contributed by atoms with E-state index >= 15 is 0 Å². The second-order valence-corrected chi connectivity index (χ2v) is 8.59. The molecule has 0 aliphatic carbocycles. The summed E-state index contributed by atoms with van der Waals surface area (Å²) in [5, 5.41) is 0. The number of H-pyrrole nitrogens is 1. The summed E-state index contributed by atoms with van der Waals surface area (Å²) >= 11 is 0. The highest BCUT2D eigenvalue weighted by molar-refractivity contribution is 5.82. The van der Waals surface area contributed by atoms with Gasteiger partial charge in [-0.05, 0) is 54.3 Å². The van der Waals surface area contributed by atoms with Crippen LogP contribution in [-0.2, 0) is 13.0 Å². The van der Waals surface area contributed by atoms with Crippen LogP contribution in [0.3, 0.4) is 0 Å². The maximum absolute atomic E-state index is 13.2. The van der Waals surface area contributed by atoms with Gasteiger partial charge in [0, 0.05) is 19.2 Å². The van der Waals surface area contributed by atoms with Gasteiger partial charge >= 0.3 is 6.03 Å². The third-order valence-electron chi connectivity index (χ3n) is 6.15. The van der Waals surface area contributed by atoms with Crippen LogP contribution in [0.15, 0.2) is 66.7 Å². The summed E-state index contributed by atoms with van der Waals surface area (Å²) < 4.78 is 5.97. The molecule has 0 saturated carbocycles. The average molecular weight is 441 g/mol. The van der Waals surface area contributed by atoms with Gasteiger partial charge in [0.2, 0.25) is 0 Å². The van der Waals surface area contributed by atoms with Crippen LogP contribution in [0.5, 0.6) is 5.75 Å². The first-order chi connectivity index (χ1) is 16.1. The third kappa shape index (κ3) is 4.55. The molecule has 1 aliphatic heterocycles. The lowest BCUT2D eigenvalue weighted by Crippen LogP contribution is -2.42. The van der Waals surface area contributed by atoms with Crippen LogP contribution in [0.25, 0.3) is 22.2 Å². The summed E-state index contributed by atoms with van der Waals surface area (Å²) in [6, 6.07) is 22.8. The summed E-state index contributed by atoms with van der Waals surface area (Å²) in [5.74, 6) is 1.75. The number of hydrogen-bond acceptors (Lipinski definition) is 3. The Bertz CT molecular complexity index is 1280. The Morgan fingerprint density at radius 1 is 1.09 bits per heavy atom. The maximum atomic E-state index is 13.2. The van der Waals surface area contributed by atoms with Crippen LogP contribution in [0.4, 0.5) is 4.79 Å². The van der Waals surface area contributed by atoms with E-state index in [1.807, 2.05) is 49.2 Å². The van der Waals surface area contributed by atoms with Crippen molar-refractivity contribution in [1.82, 2.24) is 19.8 Å². The number of likely N-dealkylation sites (N-methyl/N-ethyl adjacent to an activating group) is 1. The Balaban J connectivity index is 1.33. The minimum Gasteiger partial charge on any atom is -0.491 e. The van der Waals surface area contributed by atoms with Gasteiger partial charge in [-0.15, -0.1) is 0 Å². The monoisotopic (exact) mass is 440 g/mol. The Morgan fingerprint density at radius 3 is 2.73 bits per heavy atom. The van der Waals surface area contributed by atoms with Crippen molar-refractivity contribution in [3.63, 3.8) is 0 Å². The lowest BCUT2D eigenvalue weighted by molar-refractivity contribution is 0.155. The largest absolute Gasteiger partial charge is 0.491 e. The molecule has 2 amide bonds. The van der Waals surface area contributed by atoms with Gasteiger partial charge in [-0.25, -0.2) is 9.78 Å². The van der Waals surface area contributed by atoms with Crippen molar-refractivity contribution in [1.29, 1.82) is 0 Å². The molecule has 6 heteroatoms. The highest BCUT2D eigenvalue weighted by Crippen LogP contribution is 2.31. The van der Waals surface area contributed by atoms with E-state index in [0.29, 0.717) is 26.2 Å². The summed E-state index contributed by atoms with van der Waals surface area (Å²) in [6.07, 6.45) is 0.837. The molecule has 4 aromatic rings. The summed E-state index contributed by atoms with van der Waals surface area (Å²) in [4.78, 5) is 24.6. The first-order valence-corrected chi connectivity index (χ1v) is 11.3. The minimum atomic E-state index is 0.0298. The van der Waals surface area contributed by atoms with Crippen molar-refractivity contribution >= 4 is 17.1 Å². The Morgan fingerprint density at radius 2 is 1.88 bits per heavy atom. The van der Waals surface area contributed by atoms with Gasteiger partial charge in [-0.2, -0.15) is 0 Å². The molecule has 0 radical (unpaired) electrons. The predicted molar refractivity (Wildman–Crippen MR) is 130 cm³/mol. The average Bonchev–Trinajstić information content (AvgIpc) is 3.08. The Hall–Kier alpha value is -3.80. The number of nitrogens with one attached hydrogen (secondary N) is 1. The number of rotatable bonds is 4. The number of aromatic nitrogens is 2. The topological polar surface area (TPSA) is 61.5 Å². The van der Waals surface area contributed by atoms with Crippen LogP contribution in [0, 0.1) is 6.92 Å². The number of carbonyl (C=O) groups excluding carboxylic acids is 1. The first kappa shape index (κ1) is 21.1. The van der Waals surface area contributed by atoms with E-state index in [2.05, 4.69) is 46.4 Å². The molecule has 0 atom stereocenters. The molecule has 3 aromatic carbocycles. The molecule has 1 aromatic heterocycles. The second-order valence-electron chi connectivity index (χ2n) is 8.59. The number of amides is 2. The number of aromatic amines is 1. The van der Waals surface area contributed by atoms with Crippen molar-refractivity contribution in [2.24, 2.45) is 0 Å². The number of benzene rings is 3. The fraction of sp³-hybridized carbons (Fsp3) is 0.259. The first-order valence-electron chi connectivity index (χ1n) is 11.3. The molecule has 168 valence electrons. The van der Waals surface area contributed by atoms with Crippen LogP contribution in [0.1, 0.15) is 17.0 Å². The molecule has 2 heterocycles. The van der Waals surface area contributed by atoms with Crippen molar-refractivity contribution in [3.8, 4) is 16.9 Å². The van der Waals surface area contributed by atoms with Crippen LogP contribution >= 0.6 is 0 Å². The molecule has 1 N–H and O–H groups in total. The lowest BCUT2D eigenvalue weighted by Gasteiger charge is -2.27. The number of ether oxygens (including phenoxy) is 1. The molecule has 0 spiro atoms. The molecular weight excluding hydrogens is 412 g/mol. The van der Waals surface area contributed by atoms with Gasteiger partial charge in [-0.1, -0.05) is 42.5 Å². The van der Waals surface area contributed by atoms with Crippen molar-refractivity contribution in [3.05, 3.63) is 83.7 Å². The molecular formula is C27H28N4O2. The summed E-state index contributed by atoms with van der Waals surface area (Å²) in [6.45, 7) is 4.23. The number of carbonyl (C=O) groups is 1. The van der Waals surface area contributed by atoms with E-state index < -0.39 is 0 Å². The highest BCUT2D eigenvalue weighted by atomic mass is 16.5.